The lowest BCUT2D eigenvalue weighted by atomic mass is 10.1. The van der Waals surface area contributed by atoms with Crippen LogP contribution in [0, 0.1) is 0 Å². The van der Waals surface area contributed by atoms with Gasteiger partial charge in [-0.3, -0.25) is 9.69 Å². The van der Waals surface area contributed by atoms with E-state index in [0.717, 1.165) is 26.2 Å². The van der Waals surface area contributed by atoms with Gasteiger partial charge in [0.1, 0.15) is 6.10 Å². The Morgan fingerprint density at radius 2 is 1.76 bits per heavy atom. The second kappa shape index (κ2) is 7.20. The van der Waals surface area contributed by atoms with Gasteiger partial charge < -0.3 is 19.6 Å². The molecule has 2 rings (SSSR count). The van der Waals surface area contributed by atoms with E-state index in [0.29, 0.717) is 25.9 Å². The predicted octanol–water partition coefficient (Wildman–Crippen LogP) is -0.676. The summed E-state index contributed by atoms with van der Waals surface area (Å²) in [5.41, 5.74) is 0. The smallest absolute Gasteiger partial charge is 0.332 e. The summed E-state index contributed by atoms with van der Waals surface area (Å²) in [6.07, 6.45) is -0.453. The zero-order valence-corrected chi connectivity index (χ0v) is 12.8. The topological polar surface area (TPSA) is 73.3 Å². The number of hydrogen-bond acceptors (Lipinski definition) is 5. The number of carboxylic acids is 1. The number of rotatable bonds is 5. The SMILES string of the molecule is CN(C)CCN1CCN(C(=O)[C@@H]2CC[C@H](C(=O)O)O2)CC1. The summed E-state index contributed by atoms with van der Waals surface area (Å²) in [7, 11) is 4.10. The van der Waals surface area contributed by atoms with Crippen LogP contribution in [0.3, 0.4) is 0 Å². The summed E-state index contributed by atoms with van der Waals surface area (Å²) in [6, 6.07) is 0. The largest absolute Gasteiger partial charge is 0.479 e. The summed E-state index contributed by atoms with van der Waals surface area (Å²) in [5, 5.41) is 8.90. The van der Waals surface area contributed by atoms with Crippen LogP contribution >= 0.6 is 0 Å². The Morgan fingerprint density at radius 3 is 2.29 bits per heavy atom. The molecule has 2 aliphatic heterocycles. The molecule has 0 saturated carbocycles. The molecule has 0 spiro atoms. The minimum absolute atomic E-state index is 0.0500. The molecule has 0 aliphatic carbocycles. The van der Waals surface area contributed by atoms with Gasteiger partial charge in [-0.15, -0.1) is 0 Å². The second-order valence-corrected chi connectivity index (χ2v) is 6.00. The van der Waals surface area contributed by atoms with E-state index in [2.05, 4.69) is 23.9 Å². The van der Waals surface area contributed by atoms with Crippen LogP contribution in [0.2, 0.25) is 0 Å². The van der Waals surface area contributed by atoms with Crippen LogP contribution in [-0.4, -0.2) is 97.3 Å². The zero-order chi connectivity index (χ0) is 15.4. The van der Waals surface area contributed by atoms with Gasteiger partial charge in [-0.1, -0.05) is 0 Å². The third kappa shape index (κ3) is 4.39. The Balaban J connectivity index is 1.75. The number of nitrogens with zero attached hydrogens (tertiary/aromatic N) is 3. The number of likely N-dealkylation sites (N-methyl/N-ethyl adjacent to an activating group) is 1. The Hall–Kier alpha value is -1.18. The van der Waals surface area contributed by atoms with Crippen LogP contribution in [0.1, 0.15) is 12.8 Å². The molecule has 0 aromatic carbocycles. The first-order chi connectivity index (χ1) is 9.97. The second-order valence-electron chi connectivity index (χ2n) is 6.00. The molecule has 0 aromatic rings. The van der Waals surface area contributed by atoms with Gasteiger partial charge in [-0.2, -0.15) is 0 Å². The molecule has 0 unspecified atom stereocenters. The Kier molecular flexibility index (Phi) is 5.55. The fourth-order valence-electron chi connectivity index (χ4n) is 2.74. The van der Waals surface area contributed by atoms with Gasteiger partial charge in [-0.05, 0) is 26.9 Å². The average Bonchev–Trinajstić information content (AvgIpc) is 2.95. The monoisotopic (exact) mass is 299 g/mol. The van der Waals surface area contributed by atoms with Crippen molar-refractivity contribution < 1.29 is 19.4 Å². The van der Waals surface area contributed by atoms with Gasteiger partial charge in [0, 0.05) is 39.3 Å². The highest BCUT2D eigenvalue weighted by atomic mass is 16.5. The first-order valence-corrected chi connectivity index (χ1v) is 7.51. The summed E-state index contributed by atoms with van der Waals surface area (Å²) in [4.78, 5) is 29.5. The van der Waals surface area contributed by atoms with Gasteiger partial charge >= 0.3 is 5.97 Å². The highest BCUT2D eigenvalue weighted by Crippen LogP contribution is 2.22. The van der Waals surface area contributed by atoms with E-state index >= 15 is 0 Å². The lowest BCUT2D eigenvalue weighted by Crippen LogP contribution is -2.52. The molecule has 1 N–H and O–H groups in total. The number of hydrogen-bond donors (Lipinski definition) is 1. The quantitative estimate of drug-likeness (QED) is 0.725. The minimum atomic E-state index is -0.973. The van der Waals surface area contributed by atoms with Gasteiger partial charge in [0.15, 0.2) is 6.10 Å². The number of amides is 1. The first-order valence-electron chi connectivity index (χ1n) is 7.51. The molecule has 0 radical (unpaired) electrons. The fraction of sp³-hybridized carbons (Fsp3) is 0.857. The molecule has 0 aromatic heterocycles. The summed E-state index contributed by atoms with van der Waals surface area (Å²) < 4.78 is 5.33. The molecule has 2 atom stereocenters. The number of carbonyl (C=O) groups excluding carboxylic acids is 1. The molecular weight excluding hydrogens is 274 g/mol. The third-order valence-corrected chi connectivity index (χ3v) is 4.12. The highest BCUT2D eigenvalue weighted by molar-refractivity contribution is 5.82. The van der Waals surface area contributed by atoms with E-state index in [1.807, 2.05) is 0 Å². The van der Waals surface area contributed by atoms with Crippen LogP contribution in [0.15, 0.2) is 0 Å². The van der Waals surface area contributed by atoms with Gasteiger partial charge in [-0.25, -0.2) is 4.79 Å². The number of carbonyl (C=O) groups is 2. The summed E-state index contributed by atoms with van der Waals surface area (Å²) in [5.74, 6) is -1.02. The van der Waals surface area contributed by atoms with Crippen molar-refractivity contribution in [3.05, 3.63) is 0 Å². The molecular formula is C14H25N3O4. The standard InChI is InChI=1S/C14H25N3O4/c1-15(2)5-6-16-7-9-17(10-8-16)13(18)11-3-4-12(21-11)14(19)20/h11-12H,3-10H2,1-2H3,(H,19,20)/t11-,12+/m0/s1. The Labute approximate surface area is 125 Å². The van der Waals surface area contributed by atoms with E-state index in [1.165, 1.54) is 0 Å². The van der Waals surface area contributed by atoms with E-state index in [-0.39, 0.29) is 5.91 Å². The van der Waals surface area contributed by atoms with E-state index in [4.69, 9.17) is 9.84 Å². The summed E-state index contributed by atoms with van der Waals surface area (Å²) >= 11 is 0. The zero-order valence-electron chi connectivity index (χ0n) is 12.8. The third-order valence-electron chi connectivity index (χ3n) is 4.12. The van der Waals surface area contributed by atoms with Crippen LogP contribution < -0.4 is 0 Å². The lowest BCUT2D eigenvalue weighted by molar-refractivity contribution is -0.155. The van der Waals surface area contributed by atoms with Crippen LogP contribution in [0.25, 0.3) is 0 Å². The van der Waals surface area contributed by atoms with Gasteiger partial charge in [0.2, 0.25) is 0 Å². The van der Waals surface area contributed by atoms with Gasteiger partial charge in [0.25, 0.3) is 5.91 Å². The van der Waals surface area contributed by atoms with Gasteiger partial charge in [0.05, 0.1) is 0 Å². The van der Waals surface area contributed by atoms with Crippen LogP contribution in [0.5, 0.6) is 0 Å². The van der Waals surface area contributed by atoms with E-state index < -0.39 is 18.2 Å². The molecule has 21 heavy (non-hydrogen) atoms. The molecule has 0 bridgehead atoms. The number of ether oxygens (including phenoxy) is 1. The Morgan fingerprint density at radius 1 is 1.14 bits per heavy atom. The molecule has 2 saturated heterocycles. The normalized spacial score (nSPS) is 27.3. The van der Waals surface area contributed by atoms with E-state index in [1.54, 1.807) is 4.90 Å². The van der Waals surface area contributed by atoms with Crippen LogP contribution in [0.4, 0.5) is 0 Å². The Bertz CT molecular complexity index is 380. The predicted molar refractivity (Wildman–Crippen MR) is 77.1 cm³/mol. The van der Waals surface area contributed by atoms with Crippen molar-refractivity contribution in [2.75, 3.05) is 53.4 Å². The maximum atomic E-state index is 12.3. The van der Waals surface area contributed by atoms with Crippen molar-refractivity contribution in [2.24, 2.45) is 0 Å². The van der Waals surface area contributed by atoms with Crippen molar-refractivity contribution >= 4 is 11.9 Å². The number of carboxylic acid groups (broad SMARTS) is 1. The van der Waals surface area contributed by atoms with Crippen molar-refractivity contribution in [1.82, 2.24) is 14.7 Å². The van der Waals surface area contributed by atoms with Crippen molar-refractivity contribution in [2.45, 2.75) is 25.0 Å². The fourth-order valence-corrected chi connectivity index (χ4v) is 2.74. The minimum Gasteiger partial charge on any atom is -0.479 e. The number of aliphatic carboxylic acids is 1. The molecule has 120 valence electrons. The maximum Gasteiger partial charge on any atom is 0.332 e. The molecule has 2 fully saturated rings. The van der Waals surface area contributed by atoms with E-state index in [9.17, 15) is 9.59 Å². The van der Waals surface area contributed by atoms with Crippen molar-refractivity contribution in [3.8, 4) is 0 Å². The van der Waals surface area contributed by atoms with Crippen molar-refractivity contribution in [1.29, 1.82) is 0 Å². The maximum absolute atomic E-state index is 12.3. The molecule has 2 aliphatic rings. The van der Waals surface area contributed by atoms with Crippen LogP contribution in [-0.2, 0) is 14.3 Å². The lowest BCUT2D eigenvalue weighted by Gasteiger charge is -2.36. The molecule has 1 amide bonds. The molecule has 7 heteroatoms. The molecule has 2 heterocycles. The van der Waals surface area contributed by atoms with Crippen molar-refractivity contribution in [3.63, 3.8) is 0 Å². The first kappa shape index (κ1) is 16.2. The highest BCUT2D eigenvalue weighted by Gasteiger charge is 2.37. The summed E-state index contributed by atoms with van der Waals surface area (Å²) in [6.45, 7) is 5.16. The number of piperazine rings is 1. The molecule has 7 nitrogen and oxygen atoms in total. The average molecular weight is 299 g/mol.